The Bertz CT molecular complexity index is 2240. The second kappa shape index (κ2) is 15.5. The molecule has 6 rings (SSSR count). The second-order valence-corrected chi connectivity index (χ2v) is 14.2. The highest BCUT2D eigenvalue weighted by Gasteiger charge is 2.38. The molecule has 2 aliphatic heterocycles. The van der Waals surface area contributed by atoms with Crippen LogP contribution in [0.1, 0.15) is 47.4 Å². The quantitative estimate of drug-likeness (QED) is 0.135. The molecule has 0 saturated carbocycles. The Balaban J connectivity index is 1.15. The first-order valence-electron chi connectivity index (χ1n) is 16.4. The summed E-state index contributed by atoms with van der Waals surface area (Å²) < 4.78 is 80.4. The fourth-order valence-electron chi connectivity index (χ4n) is 5.74. The molecule has 0 saturated heterocycles. The second-order valence-electron chi connectivity index (χ2n) is 12.3. The Labute approximate surface area is 313 Å². The van der Waals surface area contributed by atoms with Gasteiger partial charge in [0.15, 0.2) is 23.0 Å². The van der Waals surface area contributed by atoms with Gasteiger partial charge in [0.2, 0.25) is 25.1 Å². The van der Waals surface area contributed by atoms with Gasteiger partial charge in [0, 0.05) is 24.1 Å². The van der Waals surface area contributed by atoms with Crippen LogP contribution < -0.4 is 43.4 Å². The number of ether oxygens (including phenoxy) is 9. The molecule has 2 aliphatic rings. The minimum atomic E-state index is -4.33. The van der Waals surface area contributed by atoms with Gasteiger partial charge in [-0.15, -0.1) is 0 Å². The maximum absolute atomic E-state index is 13.9. The summed E-state index contributed by atoms with van der Waals surface area (Å²) in [7, 11) is -0.372. The van der Waals surface area contributed by atoms with Crippen molar-refractivity contribution in [1.29, 1.82) is 0 Å². The van der Waals surface area contributed by atoms with Crippen LogP contribution in [-0.2, 0) is 24.1 Å². The van der Waals surface area contributed by atoms with Gasteiger partial charge in [0.25, 0.3) is 15.7 Å². The van der Waals surface area contributed by atoms with Crippen LogP contribution in [-0.4, -0.2) is 85.1 Å². The SMILES string of the molecule is COC(=O)c1cc(OC)c2c(c1-c1c(C(=O)NCCC(=O)OC(C)(C)CCOc3no[n+]([O-])c3S(=O)(=O)c3ccccc3)cc(OC)c3c1OCO3)OCO2. The van der Waals surface area contributed by atoms with Gasteiger partial charge in [-0.2, -0.15) is 0 Å². The third-order valence-corrected chi connectivity index (χ3v) is 10.1. The lowest BCUT2D eigenvalue weighted by Crippen LogP contribution is -2.33. The number of amides is 1. The van der Waals surface area contributed by atoms with Crippen LogP contribution in [0.4, 0.5) is 0 Å². The Kier molecular flexibility index (Phi) is 10.8. The molecule has 0 unspecified atom stereocenters. The van der Waals surface area contributed by atoms with Gasteiger partial charge < -0.3 is 53.2 Å². The third-order valence-electron chi connectivity index (χ3n) is 8.36. The van der Waals surface area contributed by atoms with Gasteiger partial charge in [-0.1, -0.05) is 18.2 Å². The maximum Gasteiger partial charge on any atom is 0.414 e. The molecule has 0 spiro atoms. The van der Waals surface area contributed by atoms with E-state index in [0.717, 1.165) is 0 Å². The monoisotopic (exact) mass is 785 g/mol. The summed E-state index contributed by atoms with van der Waals surface area (Å²) in [6, 6.07) is 9.99. The fourth-order valence-corrected chi connectivity index (χ4v) is 7.04. The van der Waals surface area contributed by atoms with E-state index >= 15 is 0 Å². The van der Waals surface area contributed by atoms with Crippen molar-refractivity contribution < 1.29 is 75.0 Å². The molecule has 0 aliphatic carbocycles. The van der Waals surface area contributed by atoms with E-state index in [1.807, 2.05) is 0 Å². The molecule has 1 N–H and O–H groups in total. The first-order chi connectivity index (χ1) is 26.3. The molecular weight excluding hydrogens is 750 g/mol. The van der Waals surface area contributed by atoms with E-state index in [1.165, 1.54) is 57.7 Å². The van der Waals surface area contributed by atoms with Crippen molar-refractivity contribution in [3.05, 3.63) is 58.8 Å². The van der Waals surface area contributed by atoms with Crippen molar-refractivity contribution in [1.82, 2.24) is 10.5 Å². The zero-order valence-corrected chi connectivity index (χ0v) is 30.9. The van der Waals surface area contributed by atoms with Crippen molar-refractivity contribution in [2.24, 2.45) is 0 Å². The van der Waals surface area contributed by atoms with E-state index in [-0.39, 0.29) is 106 Å². The lowest BCUT2D eigenvalue weighted by molar-refractivity contribution is -0.832. The minimum absolute atomic E-state index is 0.0270. The number of fused-ring (bicyclic) bond motifs is 2. The first-order valence-corrected chi connectivity index (χ1v) is 17.9. The summed E-state index contributed by atoms with van der Waals surface area (Å²) in [6.07, 6.45) is -0.225. The first kappa shape index (κ1) is 38.3. The number of nitrogens with zero attached hydrogens (tertiary/aromatic N) is 2. The predicted octanol–water partition coefficient (Wildman–Crippen LogP) is 2.98. The Morgan fingerprint density at radius 1 is 0.891 bits per heavy atom. The van der Waals surface area contributed by atoms with Crippen LogP contribution in [0.3, 0.4) is 0 Å². The van der Waals surface area contributed by atoms with Crippen LogP contribution in [0.15, 0.2) is 57.0 Å². The molecule has 0 radical (unpaired) electrons. The van der Waals surface area contributed by atoms with Crippen LogP contribution >= 0.6 is 0 Å². The molecule has 55 heavy (non-hydrogen) atoms. The van der Waals surface area contributed by atoms with E-state index in [0.29, 0.717) is 0 Å². The van der Waals surface area contributed by atoms with Gasteiger partial charge in [0.1, 0.15) is 5.60 Å². The largest absolute Gasteiger partial charge is 0.493 e. The summed E-state index contributed by atoms with van der Waals surface area (Å²) in [5, 5.41) is 17.5. The summed E-state index contributed by atoms with van der Waals surface area (Å²) in [6.45, 7) is 2.36. The number of rotatable bonds is 15. The fraction of sp³-hybridized carbons (Fsp3) is 0.343. The van der Waals surface area contributed by atoms with E-state index < -0.39 is 44.2 Å². The number of aromatic nitrogens is 2. The lowest BCUT2D eigenvalue weighted by Gasteiger charge is -2.24. The number of sulfone groups is 1. The lowest BCUT2D eigenvalue weighted by atomic mass is 9.91. The molecule has 3 heterocycles. The molecule has 1 aromatic heterocycles. The Morgan fingerprint density at radius 2 is 1.47 bits per heavy atom. The van der Waals surface area contributed by atoms with Gasteiger partial charge >= 0.3 is 22.8 Å². The van der Waals surface area contributed by atoms with Crippen LogP contribution in [0, 0.1) is 5.21 Å². The topological polar surface area (TPSA) is 233 Å². The number of esters is 2. The predicted molar refractivity (Wildman–Crippen MR) is 183 cm³/mol. The molecule has 0 atom stereocenters. The molecule has 4 aromatic rings. The highest BCUT2D eigenvalue weighted by Crippen LogP contribution is 2.56. The Hall–Kier alpha value is -6.44. The van der Waals surface area contributed by atoms with Gasteiger partial charge in [-0.25, -0.2) is 13.2 Å². The number of hydrogen-bond donors (Lipinski definition) is 1. The van der Waals surface area contributed by atoms with Crippen LogP contribution in [0.2, 0.25) is 0 Å². The summed E-state index contributed by atoms with van der Waals surface area (Å²) >= 11 is 0. The normalized spacial score (nSPS) is 12.9. The summed E-state index contributed by atoms with van der Waals surface area (Å²) in [4.78, 5) is 39.5. The smallest absolute Gasteiger partial charge is 0.414 e. The molecule has 20 heteroatoms. The maximum atomic E-state index is 13.9. The summed E-state index contributed by atoms with van der Waals surface area (Å²) in [5.41, 5.74) is -0.983. The van der Waals surface area contributed by atoms with Crippen molar-refractivity contribution in [2.75, 3.05) is 48.1 Å². The van der Waals surface area contributed by atoms with Gasteiger partial charge in [-0.05, 0) is 43.0 Å². The molecule has 3 aromatic carbocycles. The number of carbonyl (C=O) groups is 3. The highest BCUT2D eigenvalue weighted by molar-refractivity contribution is 7.91. The van der Waals surface area contributed by atoms with Crippen molar-refractivity contribution >= 4 is 27.7 Å². The van der Waals surface area contributed by atoms with Crippen molar-refractivity contribution in [3.63, 3.8) is 0 Å². The summed E-state index contributed by atoms with van der Waals surface area (Å²) in [5.74, 6) is -1.82. The van der Waals surface area contributed by atoms with E-state index in [1.54, 1.807) is 19.9 Å². The number of carbonyl (C=O) groups excluding carboxylic acids is 3. The van der Waals surface area contributed by atoms with Gasteiger partial charge in [0.05, 0.1) is 55.5 Å². The molecule has 19 nitrogen and oxygen atoms in total. The van der Waals surface area contributed by atoms with Crippen molar-refractivity contribution in [3.8, 4) is 51.5 Å². The minimum Gasteiger partial charge on any atom is -0.493 e. The van der Waals surface area contributed by atoms with Crippen LogP contribution in [0.25, 0.3) is 11.1 Å². The number of benzene rings is 3. The van der Waals surface area contributed by atoms with Gasteiger partial charge in [-0.3, -0.25) is 14.2 Å². The Morgan fingerprint density at radius 3 is 2.07 bits per heavy atom. The van der Waals surface area contributed by atoms with E-state index in [4.69, 9.17) is 42.6 Å². The zero-order valence-electron chi connectivity index (χ0n) is 30.1. The third kappa shape index (κ3) is 7.52. The van der Waals surface area contributed by atoms with E-state index in [2.05, 4.69) is 15.1 Å². The standard InChI is InChI=1S/C35H35N3O16S/c1-35(2,12-14-48-32-33(38(42)54-37-32)55(43,44)19-9-7-6-8-10-19)53-24(39)11-13-36-31(40)20-15-22(45-3)27-29(51-17-49-27)25(20)26-21(34(41)47-5)16-23(46-4)28-30(26)52-18-50-28/h6-10,15-16H,11-14,17-18H2,1-5H3,(H,36,40). The molecule has 292 valence electrons. The average molecular weight is 786 g/mol. The average Bonchev–Trinajstić information content (AvgIpc) is 3.94. The van der Waals surface area contributed by atoms with Crippen molar-refractivity contribution in [2.45, 2.75) is 42.2 Å². The molecule has 0 fully saturated rings. The number of nitrogens with one attached hydrogen (secondary N) is 1. The van der Waals surface area contributed by atoms with E-state index in [9.17, 15) is 28.0 Å². The molecule has 0 bridgehead atoms. The molecular formula is C35H35N3O16S. The molecule has 1 amide bonds. The van der Waals surface area contributed by atoms with Crippen LogP contribution in [0.5, 0.6) is 40.4 Å². The number of methoxy groups -OCH3 is 3. The number of hydrogen-bond acceptors (Lipinski definition) is 17. The highest BCUT2D eigenvalue weighted by atomic mass is 32.2. The zero-order chi connectivity index (χ0) is 39.5.